The van der Waals surface area contributed by atoms with Gasteiger partial charge >= 0.3 is 0 Å². The van der Waals surface area contributed by atoms with E-state index in [9.17, 15) is 0 Å². The number of hydrogen-bond donors (Lipinski definition) is 1. The van der Waals surface area contributed by atoms with E-state index in [1.54, 1.807) is 6.33 Å². The van der Waals surface area contributed by atoms with E-state index in [0.29, 0.717) is 12.0 Å². The third-order valence-corrected chi connectivity index (χ3v) is 4.44. The summed E-state index contributed by atoms with van der Waals surface area (Å²) < 4.78 is 2.06. The van der Waals surface area contributed by atoms with Crippen molar-refractivity contribution in [3.05, 3.63) is 12.2 Å². The minimum Gasteiger partial charge on any atom is -0.314 e. The van der Waals surface area contributed by atoms with Crippen molar-refractivity contribution in [3.63, 3.8) is 0 Å². The van der Waals surface area contributed by atoms with Gasteiger partial charge in [-0.05, 0) is 45.2 Å². The summed E-state index contributed by atoms with van der Waals surface area (Å²) in [4.78, 5) is 6.91. The average Bonchev–Trinajstić information content (AvgIpc) is 2.86. The average molecular weight is 293 g/mol. The third kappa shape index (κ3) is 4.78. The van der Waals surface area contributed by atoms with Crippen molar-refractivity contribution < 1.29 is 0 Å². The summed E-state index contributed by atoms with van der Waals surface area (Å²) >= 11 is 0. The summed E-state index contributed by atoms with van der Waals surface area (Å²) in [6.45, 7) is 9.58. The van der Waals surface area contributed by atoms with Gasteiger partial charge in [0.1, 0.15) is 12.2 Å². The number of rotatable bonds is 7. The topological polar surface area (TPSA) is 46.0 Å². The molecule has 0 unspecified atom stereocenters. The monoisotopic (exact) mass is 293 g/mol. The molecule has 21 heavy (non-hydrogen) atoms. The van der Waals surface area contributed by atoms with E-state index >= 15 is 0 Å². The highest BCUT2D eigenvalue weighted by molar-refractivity contribution is 4.88. The molecule has 0 aromatic carbocycles. The van der Waals surface area contributed by atoms with E-state index in [0.717, 1.165) is 31.5 Å². The zero-order chi connectivity index (χ0) is 15.2. The maximum atomic E-state index is 4.45. The zero-order valence-electron chi connectivity index (χ0n) is 14.0. The lowest BCUT2D eigenvalue weighted by Gasteiger charge is -2.34. The molecule has 0 radical (unpaired) electrons. The van der Waals surface area contributed by atoms with Gasteiger partial charge in [-0.2, -0.15) is 5.10 Å². The van der Waals surface area contributed by atoms with Crippen LogP contribution in [0.3, 0.4) is 0 Å². The molecule has 1 aliphatic rings. The summed E-state index contributed by atoms with van der Waals surface area (Å²) in [6.07, 6.45) is 6.84. The minimum absolute atomic E-state index is 0.603. The molecule has 0 saturated heterocycles. The maximum Gasteiger partial charge on any atom is 0.141 e. The Morgan fingerprint density at radius 2 is 2.05 bits per heavy atom. The zero-order valence-corrected chi connectivity index (χ0v) is 14.0. The van der Waals surface area contributed by atoms with Crippen molar-refractivity contribution >= 4 is 0 Å². The Morgan fingerprint density at radius 1 is 1.33 bits per heavy atom. The second kappa shape index (κ2) is 7.90. The Hall–Kier alpha value is -0.940. The SMILES string of the molecule is CCNC1CCC(N(C)Cc2ncnn2CC(C)C)CC1. The molecular weight excluding hydrogens is 262 g/mol. The van der Waals surface area contributed by atoms with Gasteiger partial charge in [-0.1, -0.05) is 20.8 Å². The van der Waals surface area contributed by atoms with Crippen LogP contribution in [0.4, 0.5) is 0 Å². The van der Waals surface area contributed by atoms with Gasteiger partial charge in [-0.25, -0.2) is 9.67 Å². The lowest BCUT2D eigenvalue weighted by Crippen LogP contribution is -2.40. The molecule has 5 nitrogen and oxygen atoms in total. The molecule has 2 rings (SSSR count). The van der Waals surface area contributed by atoms with Crippen LogP contribution >= 0.6 is 0 Å². The van der Waals surface area contributed by atoms with E-state index in [1.807, 2.05) is 0 Å². The summed E-state index contributed by atoms with van der Waals surface area (Å²) in [5.41, 5.74) is 0. The van der Waals surface area contributed by atoms with Crippen molar-refractivity contribution in [3.8, 4) is 0 Å². The lowest BCUT2D eigenvalue weighted by atomic mass is 9.90. The standard InChI is InChI=1S/C16H31N5/c1-5-17-14-6-8-15(9-7-14)20(4)11-16-18-12-19-21(16)10-13(2)3/h12-15,17H,5-11H2,1-4H3. The van der Waals surface area contributed by atoms with Crippen LogP contribution in [0.2, 0.25) is 0 Å². The van der Waals surface area contributed by atoms with Crippen LogP contribution in [0.15, 0.2) is 6.33 Å². The van der Waals surface area contributed by atoms with Crippen LogP contribution < -0.4 is 5.32 Å². The Morgan fingerprint density at radius 3 is 2.67 bits per heavy atom. The number of hydrogen-bond acceptors (Lipinski definition) is 4. The highest BCUT2D eigenvalue weighted by Crippen LogP contribution is 2.23. The molecular formula is C16H31N5. The summed E-state index contributed by atoms with van der Waals surface area (Å²) in [6, 6.07) is 1.41. The van der Waals surface area contributed by atoms with Crippen LogP contribution in [-0.4, -0.2) is 45.3 Å². The number of nitrogens with zero attached hydrogens (tertiary/aromatic N) is 4. The molecule has 0 aliphatic heterocycles. The highest BCUT2D eigenvalue weighted by atomic mass is 15.3. The first-order valence-electron chi connectivity index (χ1n) is 8.40. The molecule has 0 atom stereocenters. The van der Waals surface area contributed by atoms with E-state index in [4.69, 9.17) is 0 Å². The lowest BCUT2D eigenvalue weighted by molar-refractivity contribution is 0.162. The minimum atomic E-state index is 0.603. The highest BCUT2D eigenvalue weighted by Gasteiger charge is 2.24. The van der Waals surface area contributed by atoms with Gasteiger partial charge in [-0.15, -0.1) is 0 Å². The second-order valence-electron chi connectivity index (χ2n) is 6.73. The summed E-state index contributed by atoms with van der Waals surface area (Å²) in [5.74, 6) is 1.70. The Kier molecular flexibility index (Phi) is 6.18. The van der Waals surface area contributed by atoms with Crippen molar-refractivity contribution in [1.82, 2.24) is 25.0 Å². The molecule has 1 heterocycles. The van der Waals surface area contributed by atoms with Gasteiger partial charge in [0.05, 0.1) is 6.54 Å². The maximum absolute atomic E-state index is 4.45. The Balaban J connectivity index is 1.85. The van der Waals surface area contributed by atoms with Gasteiger partial charge in [0.2, 0.25) is 0 Å². The fraction of sp³-hybridized carbons (Fsp3) is 0.875. The molecule has 1 fully saturated rings. The molecule has 0 bridgehead atoms. The van der Waals surface area contributed by atoms with Crippen LogP contribution in [0.25, 0.3) is 0 Å². The first-order valence-corrected chi connectivity index (χ1v) is 8.40. The molecule has 0 spiro atoms. The molecule has 1 N–H and O–H groups in total. The van der Waals surface area contributed by atoms with Gasteiger partial charge in [0.15, 0.2) is 0 Å². The fourth-order valence-electron chi connectivity index (χ4n) is 3.27. The Bertz CT molecular complexity index is 407. The van der Waals surface area contributed by atoms with E-state index in [1.165, 1.54) is 25.7 Å². The first kappa shape index (κ1) is 16.4. The van der Waals surface area contributed by atoms with Crippen LogP contribution in [0.1, 0.15) is 52.3 Å². The third-order valence-electron chi connectivity index (χ3n) is 4.44. The molecule has 1 aromatic heterocycles. The second-order valence-corrected chi connectivity index (χ2v) is 6.73. The first-order chi connectivity index (χ1) is 10.1. The van der Waals surface area contributed by atoms with Crippen LogP contribution in [0, 0.1) is 5.92 Å². The fourth-order valence-corrected chi connectivity index (χ4v) is 3.27. The molecule has 120 valence electrons. The normalized spacial score (nSPS) is 23.1. The van der Waals surface area contributed by atoms with Crippen LogP contribution in [-0.2, 0) is 13.1 Å². The van der Waals surface area contributed by atoms with E-state index in [2.05, 4.69) is 52.8 Å². The van der Waals surface area contributed by atoms with Crippen molar-refractivity contribution in [2.45, 2.75) is 71.6 Å². The van der Waals surface area contributed by atoms with Crippen LogP contribution in [0.5, 0.6) is 0 Å². The summed E-state index contributed by atoms with van der Waals surface area (Å²) in [5, 5.41) is 7.94. The van der Waals surface area contributed by atoms with Crippen molar-refractivity contribution in [2.24, 2.45) is 5.92 Å². The predicted octanol–water partition coefficient (Wildman–Crippen LogP) is 2.29. The number of nitrogens with one attached hydrogen (secondary N) is 1. The molecule has 0 amide bonds. The van der Waals surface area contributed by atoms with Gasteiger partial charge < -0.3 is 5.32 Å². The number of aromatic nitrogens is 3. The predicted molar refractivity (Wildman–Crippen MR) is 86.0 cm³/mol. The molecule has 1 aromatic rings. The summed E-state index contributed by atoms with van der Waals surface area (Å²) in [7, 11) is 2.23. The Labute approximate surface area is 129 Å². The quantitative estimate of drug-likeness (QED) is 0.838. The van der Waals surface area contributed by atoms with Gasteiger partial charge in [0.25, 0.3) is 0 Å². The molecule has 1 aliphatic carbocycles. The largest absolute Gasteiger partial charge is 0.314 e. The van der Waals surface area contributed by atoms with Gasteiger partial charge in [-0.3, -0.25) is 4.90 Å². The molecule has 1 saturated carbocycles. The van der Waals surface area contributed by atoms with Gasteiger partial charge in [0, 0.05) is 18.6 Å². The molecule has 5 heteroatoms. The smallest absolute Gasteiger partial charge is 0.141 e. The van der Waals surface area contributed by atoms with E-state index < -0.39 is 0 Å². The van der Waals surface area contributed by atoms with Crippen molar-refractivity contribution in [1.29, 1.82) is 0 Å². The van der Waals surface area contributed by atoms with E-state index in [-0.39, 0.29) is 0 Å². The van der Waals surface area contributed by atoms with Crippen molar-refractivity contribution in [2.75, 3.05) is 13.6 Å².